The molecule has 6 heteroatoms. The van der Waals surface area contributed by atoms with Gasteiger partial charge in [-0.25, -0.2) is 8.78 Å². The zero-order valence-electron chi connectivity index (χ0n) is 10.3. The smallest absolute Gasteiger partial charge is 0.267 e. The van der Waals surface area contributed by atoms with Crippen molar-refractivity contribution in [2.24, 2.45) is 0 Å². The van der Waals surface area contributed by atoms with E-state index in [-0.39, 0.29) is 16.9 Å². The van der Waals surface area contributed by atoms with Crippen LogP contribution in [0, 0.1) is 11.6 Å². The Labute approximate surface area is 108 Å². The molecule has 1 aromatic carbocycles. The average Bonchev–Trinajstić information content (AvgIpc) is 2.33. The number of hydrogen-bond donors (Lipinski definition) is 2. The molecule has 2 N–H and O–H groups in total. The van der Waals surface area contributed by atoms with Crippen LogP contribution < -0.4 is 0 Å². The fraction of sp³-hybridized carbons (Fsp3) is 0.500. The lowest BCUT2D eigenvalue weighted by Crippen LogP contribution is -2.30. The van der Waals surface area contributed by atoms with Crippen LogP contribution >= 0.6 is 0 Å². The summed E-state index contributed by atoms with van der Waals surface area (Å²) < 4.78 is 30.2. The van der Waals surface area contributed by atoms with E-state index in [0.717, 1.165) is 24.5 Å². The Morgan fingerprint density at radius 1 is 1.11 bits per heavy atom. The molecule has 0 aliphatic carbocycles. The molecule has 0 bridgehead atoms. The van der Waals surface area contributed by atoms with E-state index in [9.17, 15) is 19.0 Å². The molecule has 0 saturated carbocycles. The predicted molar refractivity (Wildman–Crippen MR) is 66.7 cm³/mol. The molecule has 0 spiro atoms. The normalized spacial score (nSPS) is 12.0. The van der Waals surface area contributed by atoms with Crippen LogP contribution in [0.25, 0.3) is 0 Å². The first-order valence-electron chi connectivity index (χ1n) is 5.88. The highest BCUT2D eigenvalue weighted by molar-refractivity contribution is 5.98. The van der Waals surface area contributed by atoms with Gasteiger partial charge in [0, 0.05) is 6.42 Å². The second kappa shape index (κ2) is 6.94. The molecule has 0 fully saturated rings. The minimum absolute atomic E-state index is 0.161. The SMILES string of the molecule is OC(O)(CCCCCc1ccc(F)c(F)c1)O[SiH3]. The van der Waals surface area contributed by atoms with E-state index in [1.54, 1.807) is 6.07 Å². The lowest BCUT2D eigenvalue weighted by Gasteiger charge is -2.19. The van der Waals surface area contributed by atoms with E-state index < -0.39 is 17.6 Å². The fourth-order valence-corrected chi connectivity index (χ4v) is 1.86. The summed E-state index contributed by atoms with van der Waals surface area (Å²) in [4.78, 5) is 0. The molecule has 0 aromatic heterocycles. The molecule has 1 aromatic rings. The maximum Gasteiger partial charge on any atom is 0.267 e. The van der Waals surface area contributed by atoms with Gasteiger partial charge in [-0.15, -0.1) is 0 Å². The maximum atomic E-state index is 12.9. The highest BCUT2D eigenvalue weighted by atomic mass is 28.2. The highest BCUT2D eigenvalue weighted by Gasteiger charge is 2.19. The van der Waals surface area contributed by atoms with Crippen molar-refractivity contribution < 1.29 is 23.4 Å². The first-order chi connectivity index (χ1) is 8.44. The van der Waals surface area contributed by atoms with Gasteiger partial charge in [0.15, 0.2) is 22.1 Å². The van der Waals surface area contributed by atoms with Crippen molar-refractivity contribution in [3.05, 3.63) is 35.4 Å². The summed E-state index contributed by atoms with van der Waals surface area (Å²) in [7, 11) is 0.267. The molecule has 0 aliphatic heterocycles. The highest BCUT2D eigenvalue weighted by Crippen LogP contribution is 2.15. The van der Waals surface area contributed by atoms with Gasteiger partial charge in [0.25, 0.3) is 5.97 Å². The summed E-state index contributed by atoms with van der Waals surface area (Å²) >= 11 is 0. The lowest BCUT2D eigenvalue weighted by molar-refractivity contribution is -0.295. The van der Waals surface area contributed by atoms with Crippen LogP contribution in [0.3, 0.4) is 0 Å². The number of unbranched alkanes of at least 4 members (excludes halogenated alkanes) is 2. The minimum Gasteiger partial charge on any atom is -0.381 e. The molecule has 102 valence electrons. The molecule has 0 aliphatic rings. The Kier molecular flexibility index (Phi) is 5.87. The van der Waals surface area contributed by atoms with E-state index in [4.69, 9.17) is 0 Å². The lowest BCUT2D eigenvalue weighted by atomic mass is 10.1. The number of rotatable bonds is 7. The molecule has 1 rings (SSSR count). The van der Waals surface area contributed by atoms with Crippen LogP contribution in [0.2, 0.25) is 0 Å². The number of aliphatic hydroxyl groups is 2. The van der Waals surface area contributed by atoms with Gasteiger partial charge >= 0.3 is 0 Å². The Bertz CT molecular complexity index is 386. The Morgan fingerprint density at radius 2 is 1.83 bits per heavy atom. The zero-order valence-corrected chi connectivity index (χ0v) is 12.3. The largest absolute Gasteiger partial charge is 0.381 e. The van der Waals surface area contributed by atoms with Crippen molar-refractivity contribution in [3.8, 4) is 0 Å². The zero-order chi connectivity index (χ0) is 13.6. The van der Waals surface area contributed by atoms with Gasteiger partial charge in [0.05, 0.1) is 0 Å². The molecule has 3 nitrogen and oxygen atoms in total. The molecule has 0 radical (unpaired) electrons. The molecule has 0 heterocycles. The third kappa shape index (κ3) is 5.22. The van der Waals surface area contributed by atoms with Crippen LogP contribution in [0.15, 0.2) is 18.2 Å². The average molecular weight is 276 g/mol. The van der Waals surface area contributed by atoms with E-state index >= 15 is 0 Å². The number of benzene rings is 1. The topological polar surface area (TPSA) is 49.7 Å². The van der Waals surface area contributed by atoms with Crippen LogP contribution in [0.1, 0.15) is 31.2 Å². The van der Waals surface area contributed by atoms with Crippen molar-refractivity contribution in [1.29, 1.82) is 0 Å². The van der Waals surface area contributed by atoms with Crippen molar-refractivity contribution >= 4 is 10.5 Å². The quantitative estimate of drug-likeness (QED) is 0.444. The monoisotopic (exact) mass is 276 g/mol. The summed E-state index contributed by atoms with van der Waals surface area (Å²) in [5.41, 5.74) is 0.743. The summed E-state index contributed by atoms with van der Waals surface area (Å²) in [6, 6.07) is 3.87. The summed E-state index contributed by atoms with van der Waals surface area (Å²) in [5, 5.41) is 18.4. The van der Waals surface area contributed by atoms with Gasteiger partial charge in [-0.1, -0.05) is 12.5 Å². The Hall–Kier alpha value is -0.823. The van der Waals surface area contributed by atoms with Gasteiger partial charge in [-0.05, 0) is 37.0 Å². The van der Waals surface area contributed by atoms with Crippen molar-refractivity contribution in [2.45, 2.75) is 38.1 Å². The predicted octanol–water partition coefficient (Wildman–Crippen LogP) is 1.00. The van der Waals surface area contributed by atoms with Crippen LogP contribution in [-0.4, -0.2) is 26.7 Å². The molecule has 18 heavy (non-hydrogen) atoms. The van der Waals surface area contributed by atoms with Gasteiger partial charge in [0.1, 0.15) is 0 Å². The second-order valence-electron chi connectivity index (χ2n) is 4.26. The summed E-state index contributed by atoms with van der Waals surface area (Å²) in [5.74, 6) is -3.68. The second-order valence-corrected chi connectivity index (χ2v) is 4.66. The molecule has 0 atom stereocenters. The summed E-state index contributed by atoms with van der Waals surface area (Å²) in [6.45, 7) is 0. The van der Waals surface area contributed by atoms with Crippen molar-refractivity contribution in [1.82, 2.24) is 0 Å². The van der Waals surface area contributed by atoms with Crippen LogP contribution in [-0.2, 0) is 10.8 Å². The Balaban J connectivity index is 2.24. The van der Waals surface area contributed by atoms with Gasteiger partial charge in [0.2, 0.25) is 0 Å². The molecule has 0 saturated heterocycles. The molecular weight excluding hydrogens is 258 g/mol. The van der Waals surface area contributed by atoms with Gasteiger partial charge in [-0.3, -0.25) is 0 Å². The first kappa shape index (κ1) is 15.2. The molecule has 0 unspecified atom stereocenters. The maximum absolute atomic E-state index is 12.9. The molecule has 0 amide bonds. The van der Waals surface area contributed by atoms with Crippen LogP contribution in [0.4, 0.5) is 8.78 Å². The summed E-state index contributed by atoms with van der Waals surface area (Å²) in [6.07, 6.45) is 2.96. The number of aryl methyl sites for hydroxylation is 1. The van der Waals surface area contributed by atoms with E-state index in [1.165, 1.54) is 6.07 Å². The first-order valence-corrected chi connectivity index (χ1v) is 6.70. The standard InChI is InChI=1S/C12H18F2O3Si/c13-10-6-5-9(8-11(10)14)4-2-1-3-7-12(15,16)17-18/h5-6,8,15-16H,1-4,7H2,18H3. The fourth-order valence-electron chi connectivity index (χ4n) is 1.66. The Morgan fingerprint density at radius 3 is 2.44 bits per heavy atom. The van der Waals surface area contributed by atoms with Crippen molar-refractivity contribution in [3.63, 3.8) is 0 Å². The van der Waals surface area contributed by atoms with Crippen LogP contribution in [0.5, 0.6) is 0 Å². The third-order valence-electron chi connectivity index (χ3n) is 2.78. The number of halogens is 2. The van der Waals surface area contributed by atoms with E-state index in [0.29, 0.717) is 12.8 Å². The number of hydrogen-bond acceptors (Lipinski definition) is 3. The molecular formula is C12H18F2O3Si. The third-order valence-corrected chi connectivity index (χ3v) is 3.43. The van der Waals surface area contributed by atoms with E-state index in [1.807, 2.05) is 0 Å². The van der Waals surface area contributed by atoms with Gasteiger partial charge < -0.3 is 14.6 Å². The van der Waals surface area contributed by atoms with Crippen molar-refractivity contribution in [2.75, 3.05) is 0 Å². The van der Waals surface area contributed by atoms with Gasteiger partial charge in [-0.2, -0.15) is 0 Å². The van der Waals surface area contributed by atoms with E-state index in [2.05, 4.69) is 4.43 Å². The minimum atomic E-state index is -2.01.